The highest BCUT2D eigenvalue weighted by molar-refractivity contribution is 6.67. The lowest BCUT2D eigenvalue weighted by Gasteiger charge is -2.19. The lowest BCUT2D eigenvalue weighted by atomic mass is 9.42. The maximum atomic E-state index is 8.91. The van der Waals surface area contributed by atoms with Crippen molar-refractivity contribution >= 4 is 18.5 Å². The van der Waals surface area contributed by atoms with Crippen molar-refractivity contribution < 1.29 is 4.52 Å². The highest BCUT2D eigenvalue weighted by atomic mass is 16.5. The zero-order valence-electron chi connectivity index (χ0n) is 11.6. The molecule has 0 amide bonds. The maximum absolute atomic E-state index is 8.91. The van der Waals surface area contributed by atoms with Gasteiger partial charge in [0.15, 0.2) is 0 Å². The van der Waals surface area contributed by atoms with Gasteiger partial charge in [0.25, 0.3) is 6.71 Å². The number of hydrogen-bond acceptors (Lipinski definition) is 5. The van der Waals surface area contributed by atoms with E-state index in [1.54, 1.807) is 25.4 Å². The second-order valence-corrected chi connectivity index (χ2v) is 4.88. The van der Waals surface area contributed by atoms with Crippen LogP contribution in [-0.4, -0.2) is 30.1 Å². The fourth-order valence-electron chi connectivity index (χ4n) is 2.43. The van der Waals surface area contributed by atoms with Crippen LogP contribution in [0.25, 0.3) is 5.57 Å². The first-order chi connectivity index (χ1) is 9.78. The van der Waals surface area contributed by atoms with Crippen LogP contribution in [-0.2, 0) is 0 Å². The Hall–Kier alpha value is -2.16. The molecule has 2 heterocycles. The molecule has 1 aromatic rings. The third kappa shape index (κ3) is 3.24. The molecular formula is C14H17BN4O. The van der Waals surface area contributed by atoms with E-state index in [1.807, 2.05) is 0 Å². The van der Waals surface area contributed by atoms with Crippen LogP contribution < -0.4 is 0 Å². The monoisotopic (exact) mass is 268 g/mol. The molecule has 1 fully saturated rings. The van der Waals surface area contributed by atoms with E-state index < -0.39 is 0 Å². The predicted octanol–water partition coefficient (Wildman–Crippen LogP) is 2.77. The minimum Gasteiger partial charge on any atom is -0.339 e. The van der Waals surface area contributed by atoms with Gasteiger partial charge in [0.05, 0.1) is 0 Å². The minimum atomic E-state index is 0.178. The number of rotatable bonds is 4. The molecule has 1 aromatic heterocycles. The number of nitriles is 1. The molecule has 0 aromatic carbocycles. The van der Waals surface area contributed by atoms with E-state index in [4.69, 9.17) is 9.78 Å². The van der Waals surface area contributed by atoms with Gasteiger partial charge in [0, 0.05) is 30.7 Å². The molecule has 0 radical (unpaired) electrons. The molecule has 102 valence electrons. The summed E-state index contributed by atoms with van der Waals surface area (Å²) in [6.45, 7) is 3.85. The lowest BCUT2D eigenvalue weighted by molar-refractivity contribution is 0.341. The molecule has 1 aliphatic rings. The number of allylic oxidation sites excluding steroid dienone is 3. The quantitative estimate of drug-likeness (QED) is 0.478. The molecule has 0 unspecified atom stereocenters. The third-order valence-corrected chi connectivity index (χ3v) is 3.52. The van der Waals surface area contributed by atoms with Crippen LogP contribution in [0.4, 0.5) is 0 Å². The second-order valence-electron chi connectivity index (χ2n) is 4.88. The van der Waals surface area contributed by atoms with E-state index in [1.165, 1.54) is 0 Å². The van der Waals surface area contributed by atoms with Crippen LogP contribution in [0, 0.1) is 11.2 Å². The maximum Gasteiger partial charge on any atom is 0.267 e. The molecule has 20 heavy (non-hydrogen) atoms. The first-order valence-corrected chi connectivity index (χ1v) is 6.77. The van der Waals surface area contributed by atoms with E-state index in [2.05, 4.69) is 27.7 Å². The number of nitrogens with zero attached hydrogens (tertiary/aromatic N) is 4. The van der Waals surface area contributed by atoms with Gasteiger partial charge in [-0.1, -0.05) is 36.5 Å². The van der Waals surface area contributed by atoms with Crippen LogP contribution in [0.3, 0.4) is 0 Å². The van der Waals surface area contributed by atoms with E-state index in [-0.39, 0.29) is 12.6 Å². The summed E-state index contributed by atoms with van der Waals surface area (Å²) in [7, 11) is 1.70. The minimum absolute atomic E-state index is 0.178. The molecular weight excluding hydrogens is 251 g/mol. The average Bonchev–Trinajstić information content (AvgIpc) is 2.97. The van der Waals surface area contributed by atoms with Crippen LogP contribution in [0.2, 0.25) is 12.6 Å². The molecule has 1 saturated heterocycles. The Kier molecular flexibility index (Phi) is 4.88. The van der Waals surface area contributed by atoms with Crippen molar-refractivity contribution in [3.63, 3.8) is 0 Å². The Morgan fingerprint density at radius 3 is 2.90 bits per heavy atom. The summed E-state index contributed by atoms with van der Waals surface area (Å²) in [4.78, 5) is 8.43. The van der Waals surface area contributed by atoms with Crippen molar-refractivity contribution in [2.75, 3.05) is 7.05 Å². The normalized spacial score (nSPS) is 17.4. The van der Waals surface area contributed by atoms with Crippen molar-refractivity contribution in [3.8, 4) is 5.97 Å². The van der Waals surface area contributed by atoms with E-state index >= 15 is 0 Å². The molecule has 5 nitrogen and oxygen atoms in total. The summed E-state index contributed by atoms with van der Waals surface area (Å²) >= 11 is 0. The Bertz CT molecular complexity index is 562. The summed E-state index contributed by atoms with van der Waals surface area (Å²) in [5.74, 6) is 3.79. The zero-order chi connectivity index (χ0) is 14.4. The molecule has 0 spiro atoms. The van der Waals surface area contributed by atoms with E-state index in [9.17, 15) is 0 Å². The highest BCUT2D eigenvalue weighted by Gasteiger charge is 2.28. The Morgan fingerprint density at radius 2 is 2.30 bits per heavy atom. The van der Waals surface area contributed by atoms with Gasteiger partial charge in [-0.15, -0.1) is 0 Å². The Balaban J connectivity index is 2.11. The molecule has 0 atom stereocenters. The molecule has 0 saturated carbocycles. The third-order valence-electron chi connectivity index (χ3n) is 3.52. The van der Waals surface area contributed by atoms with Crippen molar-refractivity contribution in [2.45, 2.75) is 31.4 Å². The zero-order valence-corrected chi connectivity index (χ0v) is 11.6. The van der Waals surface area contributed by atoms with Crippen LogP contribution in [0.1, 0.15) is 30.5 Å². The van der Waals surface area contributed by atoms with Crippen LogP contribution in [0.5, 0.6) is 0 Å². The van der Waals surface area contributed by atoms with Gasteiger partial charge < -0.3 is 4.52 Å². The molecule has 0 N–H and O–H groups in total. The van der Waals surface area contributed by atoms with Gasteiger partial charge in [-0.3, -0.25) is 4.99 Å². The molecule has 1 aliphatic heterocycles. The first kappa shape index (κ1) is 14.3. The standard InChI is InChI=1S/C14H17BN4O/c1-3-4-12(9-17-2)13-18-14(20-19-13)11-5-7-15(10-16)8-6-11/h3-4,9,11H,1,5-8H2,2H3/b12-4+,17-9?. The van der Waals surface area contributed by atoms with E-state index in [0.29, 0.717) is 11.7 Å². The van der Waals surface area contributed by atoms with Gasteiger partial charge in [-0.2, -0.15) is 4.98 Å². The summed E-state index contributed by atoms with van der Waals surface area (Å²) in [6.07, 6.45) is 8.84. The van der Waals surface area contributed by atoms with Gasteiger partial charge in [-0.05, 0) is 12.8 Å². The topological polar surface area (TPSA) is 75.1 Å². The SMILES string of the molecule is C=C/C=C(\C=NC)c1noc(C2CCB(C#N)CC2)n1. The predicted molar refractivity (Wildman–Crippen MR) is 79.8 cm³/mol. The number of aromatic nitrogens is 2. The Labute approximate surface area is 119 Å². The number of hydrogen-bond donors (Lipinski definition) is 0. The smallest absolute Gasteiger partial charge is 0.267 e. The summed E-state index contributed by atoms with van der Waals surface area (Å²) < 4.78 is 5.37. The van der Waals surface area contributed by atoms with Crippen molar-refractivity contribution in [3.05, 3.63) is 30.4 Å². The summed E-state index contributed by atoms with van der Waals surface area (Å²) in [5.41, 5.74) is 0.781. The molecule has 2 rings (SSSR count). The molecule has 0 aliphatic carbocycles. The summed E-state index contributed by atoms with van der Waals surface area (Å²) in [6, 6.07) is 0. The van der Waals surface area contributed by atoms with Gasteiger partial charge in [-0.25, -0.2) is 5.26 Å². The largest absolute Gasteiger partial charge is 0.339 e. The average molecular weight is 268 g/mol. The highest BCUT2D eigenvalue weighted by Crippen LogP contribution is 2.32. The number of aliphatic imine (C=N–C) groups is 1. The second kappa shape index (κ2) is 6.85. The van der Waals surface area contributed by atoms with Gasteiger partial charge in [0.2, 0.25) is 11.7 Å². The summed E-state index contributed by atoms with van der Waals surface area (Å²) in [5, 5.41) is 12.9. The lowest BCUT2D eigenvalue weighted by Crippen LogP contribution is -2.19. The van der Waals surface area contributed by atoms with Gasteiger partial charge >= 0.3 is 0 Å². The molecule has 0 bridgehead atoms. The molecule has 6 heteroatoms. The van der Waals surface area contributed by atoms with Crippen molar-refractivity contribution in [1.82, 2.24) is 10.1 Å². The van der Waals surface area contributed by atoms with Crippen LogP contribution >= 0.6 is 0 Å². The van der Waals surface area contributed by atoms with Crippen LogP contribution in [0.15, 0.2) is 28.2 Å². The van der Waals surface area contributed by atoms with Gasteiger partial charge in [0.1, 0.15) is 0 Å². The van der Waals surface area contributed by atoms with Crippen molar-refractivity contribution in [1.29, 1.82) is 5.26 Å². The van der Waals surface area contributed by atoms with E-state index in [0.717, 1.165) is 31.1 Å². The van der Waals surface area contributed by atoms with Crippen molar-refractivity contribution in [2.24, 2.45) is 4.99 Å². The Morgan fingerprint density at radius 1 is 1.55 bits per heavy atom. The fourth-order valence-corrected chi connectivity index (χ4v) is 2.43. The fraction of sp³-hybridized carbons (Fsp3) is 0.429. The first-order valence-electron chi connectivity index (χ1n) is 6.77.